The molecule has 3 rings (SSSR count). The van der Waals surface area contributed by atoms with Gasteiger partial charge in [-0.3, -0.25) is 24.2 Å². The molecule has 0 aromatic heterocycles. The first-order chi connectivity index (χ1) is 27.0. The molecule has 6 N–H and O–H groups in total. The number of nitrogens with one attached hydrogen (secondary N) is 3. The molecule has 0 radical (unpaired) electrons. The average Bonchev–Trinajstić information content (AvgIpc) is 3.17. The molecule has 2 bridgehead atoms. The fourth-order valence-corrected chi connectivity index (χ4v) is 6.43. The number of hydrogen-bond donors (Lipinski definition) is 6. The minimum absolute atomic E-state index is 0.0365. The van der Waals surface area contributed by atoms with E-state index in [0.717, 1.165) is 0 Å². The van der Waals surface area contributed by atoms with Gasteiger partial charge in [0.1, 0.15) is 35.8 Å². The van der Waals surface area contributed by atoms with E-state index in [1.54, 1.807) is 65.0 Å². The molecule has 57 heavy (non-hydrogen) atoms. The van der Waals surface area contributed by atoms with Crippen LogP contribution in [0.1, 0.15) is 85.3 Å². The van der Waals surface area contributed by atoms with Crippen molar-refractivity contribution in [2.45, 2.75) is 110 Å². The van der Waals surface area contributed by atoms with Crippen molar-refractivity contribution in [3.63, 3.8) is 0 Å². The van der Waals surface area contributed by atoms with E-state index in [4.69, 9.17) is 9.47 Å². The number of carbonyl (C=O) groups is 6. The molecule has 1 aromatic rings. The van der Waals surface area contributed by atoms with Gasteiger partial charge in [-0.05, 0) is 69.2 Å². The molecular weight excluding hydrogens is 736 g/mol. The van der Waals surface area contributed by atoms with Crippen molar-refractivity contribution in [1.82, 2.24) is 21.1 Å². The number of benzene rings is 1. The minimum Gasteiger partial charge on any atom is -0.508 e. The minimum atomic E-state index is -1.43. The predicted octanol–water partition coefficient (Wildman–Crippen LogP) is 3.02. The van der Waals surface area contributed by atoms with Crippen LogP contribution >= 0.6 is 0 Å². The Bertz CT molecular complexity index is 1700. The van der Waals surface area contributed by atoms with Crippen molar-refractivity contribution in [1.29, 1.82) is 0 Å². The molecule has 0 spiro atoms. The molecule has 1 fully saturated rings. The van der Waals surface area contributed by atoms with Gasteiger partial charge in [0.05, 0.1) is 24.7 Å². The van der Waals surface area contributed by atoms with Crippen molar-refractivity contribution in [3.05, 3.63) is 77.9 Å². The van der Waals surface area contributed by atoms with Crippen LogP contribution in [0.5, 0.6) is 5.75 Å². The lowest BCUT2D eigenvalue weighted by molar-refractivity contribution is -0.156. The third-order valence-electron chi connectivity index (χ3n) is 9.90. The number of esters is 2. The average molecular weight is 795 g/mol. The summed E-state index contributed by atoms with van der Waals surface area (Å²) in [5, 5.41) is 39.5. The molecule has 2 unspecified atom stereocenters. The third-order valence-corrected chi connectivity index (χ3v) is 9.90. The number of Topliss-reactive ketones (excluding diaryl/α,β-unsaturated/α-hetero) is 1. The molecule has 15 nitrogen and oxygen atoms in total. The number of fused-ring (bicyclic) bond motifs is 2. The number of allylic oxidation sites excluding steroid dienone is 4. The van der Waals surface area contributed by atoms with Gasteiger partial charge in [-0.15, -0.1) is 0 Å². The van der Waals surface area contributed by atoms with E-state index < -0.39 is 83.9 Å². The number of phenolic OH excluding ortho intramolecular Hbond substituents is 1. The van der Waals surface area contributed by atoms with Crippen LogP contribution in [0.2, 0.25) is 0 Å². The Morgan fingerprint density at radius 3 is 2.47 bits per heavy atom. The van der Waals surface area contributed by atoms with Crippen molar-refractivity contribution >= 4 is 35.4 Å². The van der Waals surface area contributed by atoms with Gasteiger partial charge in [0.15, 0.2) is 0 Å². The number of carbonyl (C=O) groups excluding carboxylic acids is 6. The van der Waals surface area contributed by atoms with Crippen LogP contribution in [0.3, 0.4) is 0 Å². The summed E-state index contributed by atoms with van der Waals surface area (Å²) in [5.74, 6) is -6.25. The summed E-state index contributed by atoms with van der Waals surface area (Å²) in [6.07, 6.45) is 8.04. The van der Waals surface area contributed by atoms with Crippen molar-refractivity contribution < 1.29 is 53.6 Å². The number of nitrogens with zero attached hydrogens (tertiary/aromatic N) is 1. The van der Waals surface area contributed by atoms with Crippen LogP contribution in [-0.4, -0.2) is 99.3 Å². The molecule has 1 aromatic carbocycles. The van der Waals surface area contributed by atoms with E-state index in [1.807, 2.05) is 0 Å². The van der Waals surface area contributed by atoms with Crippen LogP contribution in [-0.2, 0) is 38.2 Å². The summed E-state index contributed by atoms with van der Waals surface area (Å²) in [4.78, 5) is 79.7. The Morgan fingerprint density at radius 2 is 1.81 bits per heavy atom. The van der Waals surface area contributed by atoms with E-state index in [-0.39, 0.29) is 49.5 Å². The highest BCUT2D eigenvalue weighted by molar-refractivity contribution is 5.93. The molecule has 2 aliphatic heterocycles. The van der Waals surface area contributed by atoms with Crippen molar-refractivity contribution in [3.8, 4) is 5.75 Å². The second-order valence-electron chi connectivity index (χ2n) is 14.8. The zero-order valence-electron chi connectivity index (χ0n) is 33.6. The maximum atomic E-state index is 14.3. The number of ether oxygens (including phenoxy) is 2. The van der Waals surface area contributed by atoms with Gasteiger partial charge < -0.3 is 40.2 Å². The van der Waals surface area contributed by atoms with Gasteiger partial charge in [0.2, 0.25) is 11.8 Å². The zero-order valence-corrected chi connectivity index (χ0v) is 33.6. The van der Waals surface area contributed by atoms with Gasteiger partial charge in [-0.1, -0.05) is 69.4 Å². The normalized spacial score (nSPS) is 28.7. The molecule has 15 heteroatoms. The Kier molecular flexibility index (Phi) is 18.3. The second-order valence-corrected chi connectivity index (χ2v) is 14.8. The fourth-order valence-electron chi connectivity index (χ4n) is 6.43. The standard InChI is InChI=1S/C42H58N4O11/c1-7-56-35(50)20-11-14-26(4)34-19-10-8-9-18-33(49)28(6)38(51)31(22-21-27(5)47)39(52)43-36(25(2)3)40(53)44-37(29-15-12-16-30(48)24-29)41(54)46-23-13-17-32(45-46)42(55)57-34/h8-12,14-16,18,20,24-25,28,31-34,36-38,45,48-49,51H,7,13,17,19,21-23H2,1-6H3,(H,43,52)(H,44,53)/b10-8+,18-9+,20-11+,26-14+/t28-,31+,32?,33-,34-,36-,37?,38+/m0/s1. The maximum absolute atomic E-state index is 14.3. The van der Waals surface area contributed by atoms with Crippen LogP contribution in [0, 0.1) is 17.8 Å². The highest BCUT2D eigenvalue weighted by Crippen LogP contribution is 2.26. The Morgan fingerprint density at radius 1 is 1.07 bits per heavy atom. The van der Waals surface area contributed by atoms with E-state index in [0.29, 0.717) is 18.4 Å². The van der Waals surface area contributed by atoms with E-state index in [2.05, 4.69) is 16.1 Å². The van der Waals surface area contributed by atoms with E-state index in [1.165, 1.54) is 48.4 Å². The number of rotatable bonds is 9. The monoisotopic (exact) mass is 794 g/mol. The van der Waals surface area contributed by atoms with Crippen LogP contribution in [0.4, 0.5) is 0 Å². The second kappa shape index (κ2) is 22.6. The molecule has 1 saturated heterocycles. The number of phenols is 1. The first-order valence-electron chi connectivity index (χ1n) is 19.4. The Hall–Kier alpha value is -5.12. The summed E-state index contributed by atoms with van der Waals surface area (Å²) < 4.78 is 10.9. The predicted molar refractivity (Wildman–Crippen MR) is 211 cm³/mol. The summed E-state index contributed by atoms with van der Waals surface area (Å²) in [6, 6.07) is 2.25. The number of amides is 3. The van der Waals surface area contributed by atoms with Gasteiger partial charge in [0, 0.05) is 31.4 Å². The van der Waals surface area contributed by atoms with E-state index >= 15 is 0 Å². The van der Waals surface area contributed by atoms with Gasteiger partial charge >= 0.3 is 11.9 Å². The number of hydrogen-bond acceptors (Lipinski definition) is 12. The number of aliphatic hydroxyl groups excluding tert-OH is 2. The zero-order chi connectivity index (χ0) is 42.2. The quantitative estimate of drug-likeness (QED) is 0.121. The highest BCUT2D eigenvalue weighted by atomic mass is 16.5. The molecule has 2 heterocycles. The molecule has 8 atom stereocenters. The lowest BCUT2D eigenvalue weighted by Crippen LogP contribution is -2.59. The van der Waals surface area contributed by atoms with Gasteiger partial charge in [-0.2, -0.15) is 0 Å². The Labute approximate surface area is 334 Å². The lowest BCUT2D eigenvalue weighted by atomic mass is 9.84. The summed E-state index contributed by atoms with van der Waals surface area (Å²) >= 11 is 0. The summed E-state index contributed by atoms with van der Waals surface area (Å²) in [6.45, 7) is 10.1. The molecule has 0 aliphatic carbocycles. The summed E-state index contributed by atoms with van der Waals surface area (Å²) in [7, 11) is 0. The van der Waals surface area contributed by atoms with Gasteiger partial charge in [-0.25, -0.2) is 10.2 Å². The highest BCUT2D eigenvalue weighted by Gasteiger charge is 2.39. The van der Waals surface area contributed by atoms with Gasteiger partial charge in [0.25, 0.3) is 5.91 Å². The topological polar surface area (TPSA) is 221 Å². The first-order valence-corrected chi connectivity index (χ1v) is 19.4. The maximum Gasteiger partial charge on any atom is 0.330 e. The Balaban J connectivity index is 2.09. The molecule has 2 aliphatic rings. The molecule has 312 valence electrons. The SMILES string of the molecule is CCOC(=O)/C=C/C=C(\C)[C@@H]1C/C=C/C=C/[C@H](O)[C@H](C)[C@@H](O)[C@@H](CCC(C)=O)C(=O)N[C@@H](C(C)C)C(=O)NC(c2cccc(O)c2)C(=O)N2CCCC(N2)C(=O)O1. The fraction of sp³-hybridized carbons (Fsp3) is 0.524. The number of hydrazine groups is 1. The molecule has 3 amide bonds. The summed E-state index contributed by atoms with van der Waals surface area (Å²) in [5.41, 5.74) is 3.78. The molecule has 0 saturated carbocycles. The number of aliphatic hydroxyl groups is 2. The van der Waals surface area contributed by atoms with Crippen LogP contribution < -0.4 is 16.1 Å². The first kappa shape index (κ1) is 46.3. The number of aromatic hydroxyl groups is 1. The largest absolute Gasteiger partial charge is 0.508 e. The van der Waals surface area contributed by atoms with Crippen LogP contribution in [0.25, 0.3) is 0 Å². The smallest absolute Gasteiger partial charge is 0.330 e. The van der Waals surface area contributed by atoms with E-state index in [9.17, 15) is 44.1 Å². The van der Waals surface area contributed by atoms with Crippen molar-refractivity contribution in [2.75, 3.05) is 13.2 Å². The van der Waals surface area contributed by atoms with Crippen molar-refractivity contribution in [2.24, 2.45) is 17.8 Å². The third kappa shape index (κ3) is 14.1. The number of cyclic esters (lactones) is 1. The number of ketones is 1. The lowest BCUT2D eigenvalue weighted by Gasteiger charge is -2.36. The molecular formula is C42H58N4O11. The van der Waals surface area contributed by atoms with Crippen LogP contribution in [0.15, 0.2) is 72.4 Å².